The molecule has 1 amide bonds. The molecule has 0 unspecified atom stereocenters. The fourth-order valence-corrected chi connectivity index (χ4v) is 7.21. The number of carbonyl (C=O) groups excluding carboxylic acids is 1. The van der Waals surface area contributed by atoms with Crippen LogP contribution in [0.25, 0.3) is 15.2 Å². The lowest BCUT2D eigenvalue weighted by molar-refractivity contribution is -0.116. The van der Waals surface area contributed by atoms with E-state index in [1.807, 2.05) is 32.0 Å². The summed E-state index contributed by atoms with van der Waals surface area (Å²) in [5.41, 5.74) is 3.69. The molecule has 0 atom stereocenters. The number of amides is 1. The Morgan fingerprint density at radius 3 is 2.88 bits per heavy atom. The number of anilines is 1. The fourth-order valence-electron chi connectivity index (χ4n) is 3.98. The van der Waals surface area contributed by atoms with Gasteiger partial charge in [0.15, 0.2) is 9.30 Å². The summed E-state index contributed by atoms with van der Waals surface area (Å²) in [5.74, 6) is 0.957. The standard InChI is InChI=1S/C23H24N4O2S3/c1-13(2)9-20(28)24-14-7-8-16-19(10-14)32-23(26-16)30-12-15-11-21(29)27-17-5-3-4-6-18(17)31-22(27)25-15/h7-8,10-11,13H,3-6,9,12H2,1-2H3,(H,24,28). The van der Waals surface area contributed by atoms with Gasteiger partial charge >= 0.3 is 0 Å². The van der Waals surface area contributed by atoms with E-state index in [1.54, 1.807) is 44.9 Å². The first-order valence-corrected chi connectivity index (χ1v) is 13.4. The third kappa shape index (κ3) is 4.46. The van der Waals surface area contributed by atoms with Crippen LogP contribution in [0.2, 0.25) is 0 Å². The van der Waals surface area contributed by atoms with Gasteiger partial charge in [-0.15, -0.1) is 22.7 Å². The molecule has 3 heterocycles. The summed E-state index contributed by atoms with van der Waals surface area (Å²) >= 11 is 4.85. The quantitative estimate of drug-likeness (QED) is 0.365. The number of carbonyl (C=O) groups is 1. The molecule has 9 heteroatoms. The minimum Gasteiger partial charge on any atom is -0.326 e. The smallest absolute Gasteiger partial charge is 0.259 e. The molecular formula is C23H24N4O2S3. The second-order valence-corrected chi connectivity index (χ2v) is 11.8. The Labute approximate surface area is 198 Å². The third-order valence-electron chi connectivity index (χ3n) is 5.40. The number of aryl methyl sites for hydroxylation is 2. The molecule has 1 aliphatic rings. The maximum absolute atomic E-state index is 12.8. The Morgan fingerprint density at radius 1 is 1.19 bits per heavy atom. The normalized spacial score (nSPS) is 13.7. The fraction of sp³-hybridized carbons (Fsp3) is 0.391. The monoisotopic (exact) mass is 484 g/mol. The highest BCUT2D eigenvalue weighted by atomic mass is 32.2. The molecule has 1 aromatic carbocycles. The topological polar surface area (TPSA) is 76.4 Å². The zero-order chi connectivity index (χ0) is 22.2. The van der Waals surface area contributed by atoms with E-state index >= 15 is 0 Å². The van der Waals surface area contributed by atoms with E-state index in [-0.39, 0.29) is 11.5 Å². The van der Waals surface area contributed by atoms with Crippen LogP contribution in [0.5, 0.6) is 0 Å². The number of nitrogens with zero attached hydrogens (tertiary/aromatic N) is 3. The highest BCUT2D eigenvalue weighted by molar-refractivity contribution is 8.00. The summed E-state index contributed by atoms with van der Waals surface area (Å²) in [5, 5.41) is 2.96. The maximum atomic E-state index is 12.8. The molecule has 166 valence electrons. The lowest BCUT2D eigenvalue weighted by Crippen LogP contribution is -2.17. The molecule has 0 saturated carbocycles. The van der Waals surface area contributed by atoms with Crippen LogP contribution >= 0.6 is 34.4 Å². The summed E-state index contributed by atoms with van der Waals surface area (Å²) in [6, 6.07) is 7.47. The highest BCUT2D eigenvalue weighted by Crippen LogP contribution is 2.33. The molecule has 4 aromatic rings. The van der Waals surface area contributed by atoms with Gasteiger partial charge in [-0.2, -0.15) is 0 Å². The number of thiazole rings is 2. The minimum atomic E-state index is 0.0241. The lowest BCUT2D eigenvalue weighted by Gasteiger charge is -2.10. The van der Waals surface area contributed by atoms with Crippen LogP contribution in [-0.4, -0.2) is 20.3 Å². The molecular weight excluding hydrogens is 460 g/mol. The average molecular weight is 485 g/mol. The van der Waals surface area contributed by atoms with Crippen molar-refractivity contribution in [1.29, 1.82) is 0 Å². The molecule has 3 aromatic heterocycles. The van der Waals surface area contributed by atoms with Crippen LogP contribution in [0.1, 0.15) is 49.4 Å². The van der Waals surface area contributed by atoms with Crippen molar-refractivity contribution in [2.45, 2.75) is 56.0 Å². The Balaban J connectivity index is 1.32. The van der Waals surface area contributed by atoms with Crippen LogP contribution in [0.15, 0.2) is 33.4 Å². The SMILES string of the molecule is CC(C)CC(=O)Nc1ccc2nc(SCc3cc(=O)n4c5c(sc4n3)CCCC5)sc2c1. The number of benzene rings is 1. The van der Waals surface area contributed by atoms with E-state index in [0.717, 1.165) is 55.9 Å². The van der Waals surface area contributed by atoms with Gasteiger partial charge in [0.2, 0.25) is 5.91 Å². The molecule has 0 saturated heterocycles. The molecule has 32 heavy (non-hydrogen) atoms. The molecule has 1 N–H and O–H groups in total. The van der Waals surface area contributed by atoms with E-state index in [0.29, 0.717) is 18.1 Å². The van der Waals surface area contributed by atoms with Gasteiger partial charge in [-0.3, -0.25) is 14.0 Å². The molecule has 0 fully saturated rings. The second kappa shape index (κ2) is 8.96. The lowest BCUT2D eigenvalue weighted by atomic mass is 10.0. The predicted molar refractivity (Wildman–Crippen MR) is 133 cm³/mol. The Hall–Kier alpha value is -2.23. The number of aromatic nitrogens is 3. The van der Waals surface area contributed by atoms with Crippen molar-refractivity contribution in [2.75, 3.05) is 5.32 Å². The first-order chi connectivity index (χ1) is 15.5. The number of fused-ring (bicyclic) bond motifs is 4. The van der Waals surface area contributed by atoms with Gasteiger partial charge in [0.25, 0.3) is 5.56 Å². The van der Waals surface area contributed by atoms with Crippen molar-refractivity contribution >= 4 is 61.2 Å². The van der Waals surface area contributed by atoms with E-state index in [1.165, 1.54) is 11.3 Å². The van der Waals surface area contributed by atoms with E-state index in [4.69, 9.17) is 9.97 Å². The Bertz CT molecular complexity index is 1370. The zero-order valence-electron chi connectivity index (χ0n) is 18.0. The van der Waals surface area contributed by atoms with Crippen LogP contribution in [0, 0.1) is 5.92 Å². The first kappa shape index (κ1) is 21.6. The third-order valence-corrected chi connectivity index (χ3v) is 8.74. The molecule has 0 spiro atoms. The number of rotatable bonds is 6. The van der Waals surface area contributed by atoms with Crippen molar-refractivity contribution in [3.8, 4) is 0 Å². The average Bonchev–Trinajstić information content (AvgIpc) is 3.32. The van der Waals surface area contributed by atoms with Crippen LogP contribution < -0.4 is 10.9 Å². The summed E-state index contributed by atoms with van der Waals surface area (Å²) in [6.07, 6.45) is 4.86. The Morgan fingerprint density at radius 2 is 2.03 bits per heavy atom. The molecule has 0 bridgehead atoms. The van der Waals surface area contributed by atoms with Crippen molar-refractivity contribution in [3.05, 3.63) is 50.9 Å². The van der Waals surface area contributed by atoms with Gasteiger partial charge in [0.1, 0.15) is 0 Å². The van der Waals surface area contributed by atoms with Crippen LogP contribution in [0.4, 0.5) is 5.69 Å². The Kier molecular flexibility index (Phi) is 6.05. The van der Waals surface area contributed by atoms with Crippen LogP contribution in [-0.2, 0) is 23.4 Å². The van der Waals surface area contributed by atoms with Gasteiger partial charge < -0.3 is 5.32 Å². The first-order valence-electron chi connectivity index (χ1n) is 10.8. The van der Waals surface area contributed by atoms with Gasteiger partial charge in [0, 0.05) is 34.5 Å². The largest absolute Gasteiger partial charge is 0.326 e. The molecule has 5 rings (SSSR count). The number of hydrogen-bond donors (Lipinski definition) is 1. The van der Waals surface area contributed by atoms with E-state index in [2.05, 4.69) is 5.32 Å². The van der Waals surface area contributed by atoms with Gasteiger partial charge in [-0.1, -0.05) is 25.6 Å². The number of nitrogens with one attached hydrogen (secondary N) is 1. The molecule has 0 radical (unpaired) electrons. The zero-order valence-corrected chi connectivity index (χ0v) is 20.5. The number of hydrogen-bond acceptors (Lipinski definition) is 7. The van der Waals surface area contributed by atoms with Crippen molar-refractivity contribution in [2.24, 2.45) is 5.92 Å². The van der Waals surface area contributed by atoms with E-state index < -0.39 is 0 Å². The minimum absolute atomic E-state index is 0.0241. The van der Waals surface area contributed by atoms with Crippen molar-refractivity contribution in [1.82, 2.24) is 14.4 Å². The second-order valence-electron chi connectivity index (χ2n) is 8.48. The highest BCUT2D eigenvalue weighted by Gasteiger charge is 2.18. The predicted octanol–water partition coefficient (Wildman–Crippen LogP) is 5.52. The van der Waals surface area contributed by atoms with Gasteiger partial charge in [-0.05, 0) is 49.8 Å². The summed E-state index contributed by atoms with van der Waals surface area (Å²) in [6.45, 7) is 4.06. The van der Waals surface area contributed by atoms with Gasteiger partial charge in [0.05, 0.1) is 15.9 Å². The van der Waals surface area contributed by atoms with Gasteiger partial charge in [-0.25, -0.2) is 9.97 Å². The van der Waals surface area contributed by atoms with Crippen molar-refractivity contribution in [3.63, 3.8) is 0 Å². The van der Waals surface area contributed by atoms with E-state index in [9.17, 15) is 9.59 Å². The maximum Gasteiger partial charge on any atom is 0.259 e. The summed E-state index contributed by atoms with van der Waals surface area (Å²) in [7, 11) is 0. The number of thioether (sulfide) groups is 1. The molecule has 0 aliphatic heterocycles. The molecule has 1 aliphatic carbocycles. The summed E-state index contributed by atoms with van der Waals surface area (Å²) in [4.78, 5) is 36.4. The summed E-state index contributed by atoms with van der Waals surface area (Å²) < 4.78 is 3.77. The van der Waals surface area contributed by atoms with Crippen LogP contribution in [0.3, 0.4) is 0 Å². The van der Waals surface area contributed by atoms with Crippen molar-refractivity contribution < 1.29 is 4.79 Å². The molecule has 6 nitrogen and oxygen atoms in total.